The summed E-state index contributed by atoms with van der Waals surface area (Å²) in [4.78, 5) is 3.85. The van der Waals surface area contributed by atoms with Crippen LogP contribution in [0.2, 0.25) is 0 Å². The predicted molar refractivity (Wildman–Crippen MR) is 56.5 cm³/mol. The predicted octanol–water partition coefficient (Wildman–Crippen LogP) is 2.43. The molecule has 0 radical (unpaired) electrons. The molecule has 0 amide bonds. The zero-order valence-corrected chi connectivity index (χ0v) is 8.72. The quantitative estimate of drug-likeness (QED) is 0.877. The molecule has 0 aliphatic heterocycles. The summed E-state index contributed by atoms with van der Waals surface area (Å²) in [5.74, 6) is 0. The van der Waals surface area contributed by atoms with E-state index in [2.05, 4.69) is 4.98 Å². The smallest absolute Gasteiger partial charge is 0.316 e. The van der Waals surface area contributed by atoms with E-state index in [4.69, 9.17) is 5.73 Å². The topological polar surface area (TPSA) is 43.8 Å². The van der Waals surface area contributed by atoms with Gasteiger partial charge in [-0.25, -0.2) is 4.98 Å². The van der Waals surface area contributed by atoms with Gasteiger partial charge in [0.25, 0.3) is 0 Å². The van der Waals surface area contributed by atoms with E-state index >= 15 is 0 Å². The molecule has 2 aromatic rings. The lowest BCUT2D eigenvalue weighted by Gasteiger charge is -2.16. The van der Waals surface area contributed by atoms with E-state index in [1.54, 1.807) is 35.4 Å². The summed E-state index contributed by atoms with van der Waals surface area (Å²) in [5, 5.41) is 0. The number of halogens is 3. The monoisotopic (exact) mass is 241 g/mol. The number of alkyl halides is 3. The summed E-state index contributed by atoms with van der Waals surface area (Å²) in [7, 11) is 0. The molecule has 0 unspecified atom stereocenters. The van der Waals surface area contributed by atoms with E-state index in [0.29, 0.717) is 0 Å². The van der Waals surface area contributed by atoms with Gasteiger partial charge in [-0.15, -0.1) is 0 Å². The molecule has 3 nitrogen and oxygen atoms in total. The first-order valence-electron chi connectivity index (χ1n) is 4.89. The molecule has 0 spiro atoms. The summed E-state index contributed by atoms with van der Waals surface area (Å²) >= 11 is 0. The third kappa shape index (κ3) is 2.47. The first-order valence-corrected chi connectivity index (χ1v) is 4.89. The molecule has 0 fully saturated rings. The molecule has 0 saturated heterocycles. The van der Waals surface area contributed by atoms with Crippen LogP contribution in [0.1, 0.15) is 11.6 Å². The van der Waals surface area contributed by atoms with Gasteiger partial charge in [0.05, 0.1) is 6.33 Å². The molecule has 6 heteroatoms. The normalized spacial score (nSPS) is 13.6. The van der Waals surface area contributed by atoms with E-state index < -0.39 is 12.2 Å². The van der Waals surface area contributed by atoms with Gasteiger partial charge in [0.1, 0.15) is 6.04 Å². The zero-order valence-electron chi connectivity index (χ0n) is 8.72. The van der Waals surface area contributed by atoms with Crippen molar-refractivity contribution in [3.05, 3.63) is 48.5 Å². The fourth-order valence-electron chi connectivity index (χ4n) is 1.45. The van der Waals surface area contributed by atoms with Crippen molar-refractivity contribution in [3.63, 3.8) is 0 Å². The standard InChI is InChI=1S/C11H10F3N3/c12-11(13,14)10(15)8-1-3-9(4-2-8)17-6-5-16-7-17/h1-7,10H,15H2/t10-/m1/s1. The third-order valence-electron chi connectivity index (χ3n) is 2.41. The van der Waals surface area contributed by atoms with Gasteiger partial charge in [-0.05, 0) is 17.7 Å². The number of nitrogens with zero attached hydrogens (tertiary/aromatic N) is 2. The lowest BCUT2D eigenvalue weighted by atomic mass is 10.1. The number of rotatable bonds is 2. The van der Waals surface area contributed by atoms with Crippen molar-refractivity contribution in [1.82, 2.24) is 9.55 Å². The van der Waals surface area contributed by atoms with Crippen LogP contribution in [-0.2, 0) is 0 Å². The third-order valence-corrected chi connectivity index (χ3v) is 2.41. The maximum absolute atomic E-state index is 12.4. The van der Waals surface area contributed by atoms with Gasteiger partial charge in [-0.1, -0.05) is 12.1 Å². The Morgan fingerprint density at radius 1 is 1.18 bits per heavy atom. The van der Waals surface area contributed by atoms with Crippen LogP contribution >= 0.6 is 0 Å². The molecule has 17 heavy (non-hydrogen) atoms. The van der Waals surface area contributed by atoms with Crippen molar-refractivity contribution in [3.8, 4) is 5.69 Å². The molecule has 1 heterocycles. The lowest BCUT2D eigenvalue weighted by molar-refractivity contribution is -0.149. The Morgan fingerprint density at radius 2 is 1.82 bits per heavy atom. The summed E-state index contributed by atoms with van der Waals surface area (Å²) < 4.78 is 38.8. The van der Waals surface area contributed by atoms with Gasteiger partial charge in [-0.2, -0.15) is 13.2 Å². The molecule has 0 aliphatic rings. The highest BCUT2D eigenvalue weighted by atomic mass is 19.4. The van der Waals surface area contributed by atoms with E-state index in [-0.39, 0.29) is 5.56 Å². The summed E-state index contributed by atoms with van der Waals surface area (Å²) in [6, 6.07) is 3.94. The number of imidazole rings is 1. The minimum Gasteiger partial charge on any atom is -0.316 e. The lowest BCUT2D eigenvalue weighted by Crippen LogP contribution is -2.28. The zero-order chi connectivity index (χ0) is 12.5. The second kappa shape index (κ2) is 4.21. The van der Waals surface area contributed by atoms with Crippen LogP contribution in [-0.4, -0.2) is 15.7 Å². The number of hydrogen-bond donors (Lipinski definition) is 1. The van der Waals surface area contributed by atoms with Crippen LogP contribution in [0.3, 0.4) is 0 Å². The maximum Gasteiger partial charge on any atom is 0.407 e. The molecular formula is C11H10F3N3. The Morgan fingerprint density at radius 3 is 2.29 bits per heavy atom. The molecule has 1 atom stereocenters. The van der Waals surface area contributed by atoms with Crippen molar-refractivity contribution in [2.75, 3.05) is 0 Å². The Labute approximate surface area is 95.7 Å². The first kappa shape index (κ1) is 11.7. The van der Waals surface area contributed by atoms with Crippen LogP contribution in [0.15, 0.2) is 43.0 Å². The molecule has 90 valence electrons. The van der Waals surface area contributed by atoms with Crippen molar-refractivity contribution in [2.45, 2.75) is 12.2 Å². The molecule has 1 aromatic heterocycles. The van der Waals surface area contributed by atoms with Crippen molar-refractivity contribution < 1.29 is 13.2 Å². The largest absolute Gasteiger partial charge is 0.407 e. The number of benzene rings is 1. The van der Waals surface area contributed by atoms with Gasteiger partial charge in [0.15, 0.2) is 0 Å². The SMILES string of the molecule is N[C@H](c1ccc(-n2ccnc2)cc1)C(F)(F)F. The first-order chi connectivity index (χ1) is 7.98. The van der Waals surface area contributed by atoms with Crippen LogP contribution in [0, 0.1) is 0 Å². The summed E-state index contributed by atoms with van der Waals surface area (Å²) in [5.41, 5.74) is 5.88. The highest BCUT2D eigenvalue weighted by Crippen LogP contribution is 2.30. The second-order valence-corrected chi connectivity index (χ2v) is 3.58. The van der Waals surface area contributed by atoms with Crippen LogP contribution < -0.4 is 5.73 Å². The Kier molecular flexibility index (Phi) is 2.89. The highest BCUT2D eigenvalue weighted by molar-refractivity contribution is 5.35. The Bertz CT molecular complexity index is 474. The minimum atomic E-state index is -4.42. The van der Waals surface area contributed by atoms with E-state index in [1.165, 1.54) is 12.1 Å². The van der Waals surface area contributed by atoms with Gasteiger partial charge in [0.2, 0.25) is 0 Å². The number of aromatic nitrogens is 2. The molecular weight excluding hydrogens is 231 g/mol. The maximum atomic E-state index is 12.4. The average molecular weight is 241 g/mol. The molecule has 2 rings (SSSR count). The molecule has 0 aliphatic carbocycles. The minimum absolute atomic E-state index is 0.0429. The Balaban J connectivity index is 2.25. The van der Waals surface area contributed by atoms with Crippen molar-refractivity contribution >= 4 is 0 Å². The molecule has 1 aromatic carbocycles. The van der Waals surface area contributed by atoms with E-state index in [9.17, 15) is 13.2 Å². The molecule has 2 N–H and O–H groups in total. The van der Waals surface area contributed by atoms with Crippen molar-refractivity contribution in [1.29, 1.82) is 0 Å². The van der Waals surface area contributed by atoms with Crippen molar-refractivity contribution in [2.24, 2.45) is 5.73 Å². The van der Waals surface area contributed by atoms with Gasteiger partial charge in [-0.3, -0.25) is 0 Å². The average Bonchev–Trinajstić information content (AvgIpc) is 2.80. The van der Waals surface area contributed by atoms with Crippen LogP contribution in [0.5, 0.6) is 0 Å². The van der Waals surface area contributed by atoms with E-state index in [0.717, 1.165) is 5.69 Å². The van der Waals surface area contributed by atoms with Gasteiger partial charge < -0.3 is 10.3 Å². The highest BCUT2D eigenvalue weighted by Gasteiger charge is 2.37. The summed E-state index contributed by atoms with van der Waals surface area (Å²) in [6.45, 7) is 0. The fourth-order valence-corrected chi connectivity index (χ4v) is 1.45. The Hall–Kier alpha value is -1.82. The van der Waals surface area contributed by atoms with E-state index in [1.807, 2.05) is 0 Å². The molecule has 0 bridgehead atoms. The van der Waals surface area contributed by atoms with Gasteiger partial charge in [0, 0.05) is 18.1 Å². The molecule has 0 saturated carbocycles. The number of hydrogen-bond acceptors (Lipinski definition) is 2. The fraction of sp³-hybridized carbons (Fsp3) is 0.182. The number of nitrogens with two attached hydrogens (primary N) is 1. The van der Waals surface area contributed by atoms with Crippen LogP contribution in [0.4, 0.5) is 13.2 Å². The van der Waals surface area contributed by atoms with Crippen LogP contribution in [0.25, 0.3) is 5.69 Å². The van der Waals surface area contributed by atoms with Gasteiger partial charge >= 0.3 is 6.18 Å². The second-order valence-electron chi connectivity index (χ2n) is 3.58. The summed E-state index contributed by atoms with van der Waals surface area (Å²) in [6.07, 6.45) is 0.448.